The summed E-state index contributed by atoms with van der Waals surface area (Å²) in [7, 11) is 0. The lowest BCUT2D eigenvalue weighted by Gasteiger charge is -2.74. The summed E-state index contributed by atoms with van der Waals surface area (Å²) in [6.45, 7) is 20.8. The number of hydrogen-bond donors (Lipinski definition) is 0. The predicted molar refractivity (Wildman–Crippen MR) is 130 cm³/mol. The number of Topliss-reactive ketones (excluding diaryl/α,β-unsaturated/α-hetero) is 1. The number of carbonyl (C=O) groups excluding carboxylic acids is 1. The molecule has 0 saturated heterocycles. The Morgan fingerprint density at radius 2 is 1.26 bits per heavy atom. The van der Waals surface area contributed by atoms with Crippen LogP contribution in [0, 0.1) is 56.2 Å². The van der Waals surface area contributed by atoms with Gasteiger partial charge in [-0.25, -0.2) is 0 Å². The van der Waals surface area contributed by atoms with Crippen molar-refractivity contribution in [2.45, 2.75) is 126 Å². The average molecular weight is 427 g/mol. The highest BCUT2D eigenvalue weighted by molar-refractivity contribution is 5.80. The average Bonchev–Trinajstić information content (AvgIpc) is 2.67. The highest BCUT2D eigenvalue weighted by atomic mass is 16.1. The third kappa shape index (κ3) is 2.76. The van der Waals surface area contributed by atoms with Gasteiger partial charge in [-0.05, 0) is 114 Å². The molecule has 5 fully saturated rings. The lowest BCUT2D eigenvalue weighted by Crippen LogP contribution is -2.67. The fraction of sp³-hybridized carbons (Fsp3) is 0.967. The maximum atomic E-state index is 12.8. The molecule has 0 aliphatic heterocycles. The van der Waals surface area contributed by atoms with Crippen LogP contribution >= 0.6 is 0 Å². The molecule has 0 heterocycles. The monoisotopic (exact) mass is 426 g/mol. The molecular weight excluding hydrogens is 376 g/mol. The van der Waals surface area contributed by atoms with Crippen LogP contribution in [0.4, 0.5) is 0 Å². The lowest BCUT2D eigenvalue weighted by molar-refractivity contribution is -0.256. The van der Waals surface area contributed by atoms with Gasteiger partial charge in [0.05, 0.1) is 0 Å². The summed E-state index contributed by atoms with van der Waals surface area (Å²) < 4.78 is 0. The molecule has 0 unspecified atom stereocenters. The minimum atomic E-state index is 0.351. The minimum absolute atomic E-state index is 0.351. The SMILES string of the molecule is C[C@H]1CC(=O)C[C@@H]2[C@]1(C)CC[C@H]1[C@@]2(C)CC[C@@]2(C)[C@@H]3CC(C)(C)CC[C@]3(C)CC[C@]12C. The molecule has 5 saturated carbocycles. The second kappa shape index (κ2) is 6.41. The molecule has 0 aromatic rings. The number of rotatable bonds is 0. The second-order valence-corrected chi connectivity index (χ2v) is 15.4. The van der Waals surface area contributed by atoms with E-state index in [1.165, 1.54) is 57.8 Å². The molecule has 1 nitrogen and oxygen atoms in total. The van der Waals surface area contributed by atoms with E-state index in [1.807, 2.05) is 0 Å². The summed E-state index contributed by atoms with van der Waals surface area (Å²) in [5, 5.41) is 0. The van der Waals surface area contributed by atoms with Crippen LogP contribution in [-0.2, 0) is 4.79 Å². The number of hydrogen-bond acceptors (Lipinski definition) is 1. The predicted octanol–water partition coefficient (Wildman–Crippen LogP) is 8.46. The Kier molecular flexibility index (Phi) is 4.65. The smallest absolute Gasteiger partial charge is 0.133 e. The lowest BCUT2D eigenvalue weighted by atomic mass is 9.30. The zero-order valence-electron chi connectivity index (χ0n) is 22.0. The van der Waals surface area contributed by atoms with E-state index in [4.69, 9.17) is 0 Å². The Hall–Kier alpha value is -0.330. The molecule has 0 bridgehead atoms. The molecule has 1 heteroatoms. The molecule has 0 radical (unpaired) electrons. The van der Waals surface area contributed by atoms with Crippen LogP contribution in [0.25, 0.3) is 0 Å². The maximum Gasteiger partial charge on any atom is 0.133 e. The van der Waals surface area contributed by atoms with Crippen LogP contribution in [-0.4, -0.2) is 5.78 Å². The zero-order valence-corrected chi connectivity index (χ0v) is 22.0. The molecule has 31 heavy (non-hydrogen) atoms. The molecule has 176 valence electrons. The first-order chi connectivity index (χ1) is 14.2. The van der Waals surface area contributed by atoms with E-state index < -0.39 is 0 Å². The van der Waals surface area contributed by atoms with Crippen molar-refractivity contribution in [3.8, 4) is 0 Å². The normalized spacial score (nSPS) is 58.5. The summed E-state index contributed by atoms with van der Waals surface area (Å²) in [5.41, 5.74) is 2.67. The van der Waals surface area contributed by atoms with Crippen LogP contribution in [0.1, 0.15) is 126 Å². The first-order valence-corrected chi connectivity index (χ1v) is 13.7. The van der Waals surface area contributed by atoms with E-state index in [0.717, 1.165) is 24.7 Å². The van der Waals surface area contributed by atoms with Gasteiger partial charge in [-0.15, -0.1) is 0 Å². The summed E-state index contributed by atoms with van der Waals surface area (Å²) in [5.74, 6) is 3.39. The molecule has 5 aliphatic carbocycles. The van der Waals surface area contributed by atoms with Gasteiger partial charge in [0.25, 0.3) is 0 Å². The summed E-state index contributed by atoms with van der Waals surface area (Å²) in [6, 6.07) is 0. The van der Waals surface area contributed by atoms with Gasteiger partial charge >= 0.3 is 0 Å². The molecule has 0 aromatic heterocycles. The Morgan fingerprint density at radius 1 is 0.645 bits per heavy atom. The third-order valence-corrected chi connectivity index (χ3v) is 13.7. The van der Waals surface area contributed by atoms with Crippen LogP contribution in [0.5, 0.6) is 0 Å². The Bertz CT molecular complexity index is 781. The fourth-order valence-electron chi connectivity index (χ4n) is 11.1. The Morgan fingerprint density at radius 3 is 1.97 bits per heavy atom. The van der Waals surface area contributed by atoms with Crippen molar-refractivity contribution in [2.24, 2.45) is 56.2 Å². The zero-order chi connectivity index (χ0) is 22.7. The van der Waals surface area contributed by atoms with Crippen molar-refractivity contribution < 1.29 is 4.79 Å². The second-order valence-electron chi connectivity index (χ2n) is 15.4. The van der Waals surface area contributed by atoms with Gasteiger partial charge in [0, 0.05) is 12.8 Å². The van der Waals surface area contributed by atoms with Gasteiger partial charge in [-0.3, -0.25) is 4.79 Å². The van der Waals surface area contributed by atoms with E-state index >= 15 is 0 Å². The summed E-state index contributed by atoms with van der Waals surface area (Å²) in [4.78, 5) is 12.8. The van der Waals surface area contributed by atoms with Crippen molar-refractivity contribution in [1.82, 2.24) is 0 Å². The van der Waals surface area contributed by atoms with E-state index in [1.54, 1.807) is 0 Å². The fourth-order valence-corrected chi connectivity index (χ4v) is 11.1. The molecule has 0 amide bonds. The van der Waals surface area contributed by atoms with E-state index in [0.29, 0.717) is 50.1 Å². The van der Waals surface area contributed by atoms with Crippen molar-refractivity contribution >= 4 is 5.78 Å². The summed E-state index contributed by atoms with van der Waals surface area (Å²) in [6.07, 6.45) is 14.3. The molecule has 0 spiro atoms. The van der Waals surface area contributed by atoms with Crippen molar-refractivity contribution in [3.63, 3.8) is 0 Å². The molecular formula is C30H50O. The molecule has 9 atom stereocenters. The first-order valence-electron chi connectivity index (χ1n) is 13.7. The Balaban J connectivity index is 1.56. The van der Waals surface area contributed by atoms with Crippen LogP contribution in [0.3, 0.4) is 0 Å². The van der Waals surface area contributed by atoms with E-state index in [-0.39, 0.29) is 0 Å². The van der Waals surface area contributed by atoms with E-state index in [9.17, 15) is 4.79 Å². The van der Waals surface area contributed by atoms with Gasteiger partial charge < -0.3 is 0 Å². The van der Waals surface area contributed by atoms with Gasteiger partial charge in [-0.1, -0.05) is 55.4 Å². The van der Waals surface area contributed by atoms with Crippen molar-refractivity contribution in [3.05, 3.63) is 0 Å². The minimum Gasteiger partial charge on any atom is -0.300 e. The van der Waals surface area contributed by atoms with Gasteiger partial charge in [-0.2, -0.15) is 0 Å². The molecule has 0 N–H and O–H groups in total. The molecule has 0 aromatic carbocycles. The van der Waals surface area contributed by atoms with Crippen LogP contribution < -0.4 is 0 Å². The number of fused-ring (bicyclic) bond motifs is 7. The third-order valence-electron chi connectivity index (χ3n) is 13.7. The largest absolute Gasteiger partial charge is 0.300 e. The quantitative estimate of drug-likeness (QED) is 0.379. The highest BCUT2D eigenvalue weighted by Crippen LogP contribution is 2.78. The van der Waals surface area contributed by atoms with Crippen LogP contribution in [0.15, 0.2) is 0 Å². The first kappa shape index (κ1) is 22.5. The van der Waals surface area contributed by atoms with Crippen molar-refractivity contribution in [1.29, 1.82) is 0 Å². The van der Waals surface area contributed by atoms with E-state index in [2.05, 4.69) is 55.4 Å². The highest BCUT2D eigenvalue weighted by Gasteiger charge is 2.70. The van der Waals surface area contributed by atoms with Crippen LogP contribution in [0.2, 0.25) is 0 Å². The molecule has 5 rings (SSSR count). The maximum absolute atomic E-state index is 12.8. The van der Waals surface area contributed by atoms with Gasteiger partial charge in [0.2, 0.25) is 0 Å². The number of carbonyl (C=O) groups is 1. The summed E-state index contributed by atoms with van der Waals surface area (Å²) >= 11 is 0. The van der Waals surface area contributed by atoms with Gasteiger partial charge in [0.15, 0.2) is 0 Å². The Labute approximate surface area is 192 Å². The standard InChI is InChI=1S/C30H50O/c1-20-17-21(31)18-23-27(20,5)10-9-22-28(23,6)14-16-30(8)24-19-25(2,3)11-12-26(24,4)13-15-29(22,30)7/h20,22-24H,9-19H2,1-8H3/t20-,22-,23+,24+,26+,27+,28+,29+,30-/m0/s1. The number of ketones is 1. The topological polar surface area (TPSA) is 17.1 Å². The van der Waals surface area contributed by atoms with Crippen molar-refractivity contribution in [2.75, 3.05) is 0 Å². The van der Waals surface area contributed by atoms with Gasteiger partial charge in [0.1, 0.15) is 5.78 Å². The molecule has 5 aliphatic rings.